The first kappa shape index (κ1) is 32.4. The fourth-order valence-corrected chi connectivity index (χ4v) is 9.11. The lowest BCUT2D eigenvalue weighted by Gasteiger charge is -2.14. The lowest BCUT2D eigenvalue weighted by atomic mass is 9.99. The molecule has 0 atom stereocenters. The van der Waals surface area contributed by atoms with Gasteiger partial charge in [-0.15, -0.1) is 0 Å². The molecule has 4 nitrogen and oxygen atoms in total. The SMILES string of the molecule is c1ccc(-c2nc3ccc(-n4c5cc(-c6cccc7c8ccccc8n(-c8ccccc8)c67)ccc5c5c6ccccc6ccc54)cc3nc2-c2ccccc2)cc1. The average Bonchev–Trinajstić information content (AvgIpc) is 3.82. The smallest absolute Gasteiger partial charge is 0.0973 e. The minimum atomic E-state index is 0.847. The number of aromatic nitrogens is 4. The number of nitrogens with zero attached hydrogens (tertiary/aromatic N) is 4. The Morgan fingerprint density at radius 2 is 0.983 bits per heavy atom. The molecule has 12 aromatic rings. The number of rotatable bonds is 5. The standard InChI is InChI=1S/C54H34N4/c1-4-16-36(17-5-1)52-53(37-18-6-2-7-19-37)56-47-34-40(29-31-46(47)55-52)57-49-32-28-35-15-10-11-22-41(35)51(49)45-30-27-38(33-50(45)57)42-24-14-25-44-43-23-12-13-26-48(43)58(54(42)44)39-20-8-3-9-21-39/h1-34H. The third kappa shape index (κ3) is 4.95. The van der Waals surface area contributed by atoms with E-state index in [9.17, 15) is 0 Å². The van der Waals surface area contributed by atoms with Crippen molar-refractivity contribution in [3.63, 3.8) is 0 Å². The number of hydrogen-bond acceptors (Lipinski definition) is 2. The van der Waals surface area contributed by atoms with E-state index < -0.39 is 0 Å². The Bertz CT molecular complexity index is 3550. The van der Waals surface area contributed by atoms with Gasteiger partial charge in [0.15, 0.2) is 0 Å². The summed E-state index contributed by atoms with van der Waals surface area (Å²) in [6, 6.07) is 73.7. The van der Waals surface area contributed by atoms with Gasteiger partial charge in [0.05, 0.1) is 44.5 Å². The summed E-state index contributed by atoms with van der Waals surface area (Å²) in [5, 5.41) is 7.39. The number of fused-ring (bicyclic) bond motifs is 9. The molecule has 0 bridgehead atoms. The lowest BCUT2D eigenvalue weighted by Crippen LogP contribution is -1.99. The first-order chi connectivity index (χ1) is 28.8. The molecule has 0 unspecified atom stereocenters. The predicted octanol–water partition coefficient (Wildman–Crippen LogP) is 14.0. The van der Waals surface area contributed by atoms with Gasteiger partial charge in [-0.05, 0) is 64.9 Å². The fraction of sp³-hybridized carbons (Fsp3) is 0. The van der Waals surface area contributed by atoms with Crippen LogP contribution in [-0.4, -0.2) is 19.1 Å². The second kappa shape index (κ2) is 12.9. The van der Waals surface area contributed by atoms with E-state index in [1.807, 2.05) is 12.1 Å². The summed E-state index contributed by atoms with van der Waals surface area (Å²) in [5.74, 6) is 0. The van der Waals surface area contributed by atoms with Crippen molar-refractivity contribution in [1.82, 2.24) is 19.1 Å². The molecule has 0 saturated heterocycles. The highest BCUT2D eigenvalue weighted by molar-refractivity contribution is 6.22. The average molecular weight is 739 g/mol. The molecule has 0 aliphatic rings. The molecule has 9 aromatic carbocycles. The van der Waals surface area contributed by atoms with Crippen LogP contribution in [0.5, 0.6) is 0 Å². The molecule has 3 heterocycles. The molecular weight excluding hydrogens is 705 g/mol. The predicted molar refractivity (Wildman–Crippen MR) is 242 cm³/mol. The normalized spacial score (nSPS) is 11.8. The van der Waals surface area contributed by atoms with Gasteiger partial charge in [0, 0.05) is 49.6 Å². The van der Waals surface area contributed by atoms with Crippen LogP contribution in [0.1, 0.15) is 0 Å². The minimum Gasteiger partial charge on any atom is -0.309 e. The van der Waals surface area contributed by atoms with E-state index in [0.717, 1.165) is 61.5 Å². The summed E-state index contributed by atoms with van der Waals surface area (Å²) >= 11 is 0. The molecule has 0 radical (unpaired) electrons. The zero-order valence-electron chi connectivity index (χ0n) is 31.4. The molecule has 0 amide bonds. The van der Waals surface area contributed by atoms with Crippen LogP contribution in [0, 0.1) is 0 Å². The molecule has 4 heteroatoms. The molecule has 0 aliphatic carbocycles. The summed E-state index contributed by atoms with van der Waals surface area (Å²) < 4.78 is 4.84. The number of hydrogen-bond donors (Lipinski definition) is 0. The third-order valence-corrected chi connectivity index (χ3v) is 11.7. The third-order valence-electron chi connectivity index (χ3n) is 11.7. The first-order valence-corrected chi connectivity index (χ1v) is 19.8. The van der Waals surface area contributed by atoms with E-state index in [1.165, 1.54) is 48.9 Å². The van der Waals surface area contributed by atoms with Crippen LogP contribution in [0.3, 0.4) is 0 Å². The molecular formula is C54H34N4. The second-order valence-electron chi connectivity index (χ2n) is 15.0. The molecule has 12 rings (SSSR count). The lowest BCUT2D eigenvalue weighted by molar-refractivity contribution is 1.17. The summed E-state index contributed by atoms with van der Waals surface area (Å²) in [5.41, 5.74) is 14.7. The van der Waals surface area contributed by atoms with Crippen molar-refractivity contribution in [2.45, 2.75) is 0 Å². The van der Waals surface area contributed by atoms with Crippen molar-refractivity contribution in [1.29, 1.82) is 0 Å². The first-order valence-electron chi connectivity index (χ1n) is 19.8. The van der Waals surface area contributed by atoms with Crippen molar-refractivity contribution < 1.29 is 0 Å². The van der Waals surface area contributed by atoms with Crippen LogP contribution in [0.2, 0.25) is 0 Å². The van der Waals surface area contributed by atoms with Gasteiger partial charge in [0.2, 0.25) is 0 Å². The maximum Gasteiger partial charge on any atom is 0.0973 e. The Morgan fingerprint density at radius 3 is 1.76 bits per heavy atom. The zero-order valence-corrected chi connectivity index (χ0v) is 31.4. The van der Waals surface area contributed by atoms with Crippen molar-refractivity contribution >= 4 is 65.4 Å². The highest BCUT2D eigenvalue weighted by Gasteiger charge is 2.21. The highest BCUT2D eigenvalue weighted by atomic mass is 15.0. The topological polar surface area (TPSA) is 35.6 Å². The monoisotopic (exact) mass is 738 g/mol. The minimum absolute atomic E-state index is 0.847. The fourth-order valence-electron chi connectivity index (χ4n) is 9.11. The molecule has 3 aromatic heterocycles. The number of benzene rings is 9. The molecule has 0 fully saturated rings. The Hall–Kier alpha value is -7.82. The quantitative estimate of drug-likeness (QED) is 0.176. The summed E-state index contributed by atoms with van der Waals surface area (Å²) in [6.45, 7) is 0. The number of para-hydroxylation sites is 3. The van der Waals surface area contributed by atoms with Gasteiger partial charge in [-0.3, -0.25) is 0 Å². The molecule has 0 N–H and O–H groups in total. The van der Waals surface area contributed by atoms with Gasteiger partial charge < -0.3 is 9.13 Å². The van der Waals surface area contributed by atoms with E-state index in [4.69, 9.17) is 9.97 Å². The zero-order chi connectivity index (χ0) is 38.2. The van der Waals surface area contributed by atoms with Crippen molar-refractivity contribution in [3.05, 3.63) is 206 Å². The maximum atomic E-state index is 5.38. The van der Waals surface area contributed by atoms with Crippen LogP contribution >= 0.6 is 0 Å². The maximum absolute atomic E-state index is 5.38. The van der Waals surface area contributed by atoms with Gasteiger partial charge in [0.1, 0.15) is 0 Å². The van der Waals surface area contributed by atoms with Crippen molar-refractivity contribution in [2.24, 2.45) is 0 Å². The van der Waals surface area contributed by atoms with Crippen LogP contribution in [-0.2, 0) is 0 Å². The molecule has 58 heavy (non-hydrogen) atoms. The van der Waals surface area contributed by atoms with Gasteiger partial charge in [-0.25, -0.2) is 9.97 Å². The van der Waals surface area contributed by atoms with E-state index in [-0.39, 0.29) is 0 Å². The van der Waals surface area contributed by atoms with Crippen LogP contribution < -0.4 is 0 Å². The molecule has 0 spiro atoms. The van der Waals surface area contributed by atoms with Crippen LogP contribution in [0.15, 0.2) is 206 Å². The van der Waals surface area contributed by atoms with Crippen LogP contribution in [0.4, 0.5) is 0 Å². The van der Waals surface area contributed by atoms with Gasteiger partial charge >= 0.3 is 0 Å². The van der Waals surface area contributed by atoms with Gasteiger partial charge in [-0.1, -0.05) is 158 Å². The van der Waals surface area contributed by atoms with Gasteiger partial charge in [-0.2, -0.15) is 0 Å². The summed E-state index contributed by atoms with van der Waals surface area (Å²) in [4.78, 5) is 10.7. The summed E-state index contributed by atoms with van der Waals surface area (Å²) in [6.07, 6.45) is 0. The summed E-state index contributed by atoms with van der Waals surface area (Å²) in [7, 11) is 0. The Balaban J connectivity index is 1.14. The largest absolute Gasteiger partial charge is 0.309 e. The Morgan fingerprint density at radius 1 is 0.328 bits per heavy atom. The van der Waals surface area contributed by atoms with E-state index in [2.05, 4.69) is 203 Å². The Kier molecular flexibility index (Phi) is 7.20. The van der Waals surface area contributed by atoms with Crippen LogP contribution in [0.25, 0.3) is 110 Å². The molecule has 270 valence electrons. The van der Waals surface area contributed by atoms with Gasteiger partial charge in [0.25, 0.3) is 0 Å². The highest BCUT2D eigenvalue weighted by Crippen LogP contribution is 2.42. The van der Waals surface area contributed by atoms with E-state index >= 15 is 0 Å². The van der Waals surface area contributed by atoms with Crippen molar-refractivity contribution in [2.75, 3.05) is 0 Å². The van der Waals surface area contributed by atoms with E-state index in [0.29, 0.717) is 0 Å². The van der Waals surface area contributed by atoms with Crippen molar-refractivity contribution in [3.8, 4) is 45.0 Å². The Labute approximate surface area is 334 Å². The molecule has 0 saturated carbocycles. The molecule has 0 aliphatic heterocycles. The second-order valence-corrected chi connectivity index (χ2v) is 15.0. The van der Waals surface area contributed by atoms with E-state index in [1.54, 1.807) is 0 Å².